The van der Waals surface area contributed by atoms with Crippen LogP contribution in [0.1, 0.15) is 19.4 Å². The first-order chi connectivity index (χ1) is 14.2. The van der Waals surface area contributed by atoms with Crippen LogP contribution in [0, 0.1) is 0 Å². The summed E-state index contributed by atoms with van der Waals surface area (Å²) in [5.41, 5.74) is 1.94. The van der Waals surface area contributed by atoms with E-state index < -0.39 is 10.0 Å². The van der Waals surface area contributed by atoms with E-state index in [1.807, 2.05) is 43.3 Å². The zero-order valence-electron chi connectivity index (χ0n) is 18.0. The Morgan fingerprint density at radius 2 is 1.80 bits per heavy atom. The number of nitrogens with zero attached hydrogens (tertiary/aromatic N) is 2. The first-order valence-corrected chi connectivity index (χ1v) is 11.1. The molecule has 0 unspecified atom stereocenters. The van der Waals surface area contributed by atoms with E-state index >= 15 is 0 Å². The molecule has 0 atom stereocenters. The predicted molar refractivity (Wildman–Crippen MR) is 122 cm³/mol. The van der Waals surface area contributed by atoms with Gasteiger partial charge in [-0.25, -0.2) is 8.42 Å². The Bertz CT molecular complexity index is 1010. The highest BCUT2D eigenvalue weighted by Crippen LogP contribution is 2.29. The number of anilines is 2. The van der Waals surface area contributed by atoms with Crippen molar-refractivity contribution in [3.63, 3.8) is 0 Å². The van der Waals surface area contributed by atoms with Gasteiger partial charge in [0, 0.05) is 33.3 Å². The number of hydrogen-bond acceptors (Lipinski definition) is 5. The molecule has 8 heteroatoms. The summed E-state index contributed by atoms with van der Waals surface area (Å²) in [4.78, 5) is 14.5. The third-order valence-corrected chi connectivity index (χ3v) is 6.62. The van der Waals surface area contributed by atoms with Crippen LogP contribution in [-0.2, 0) is 14.8 Å². The number of carbonyl (C=O) groups is 1. The van der Waals surface area contributed by atoms with Crippen LogP contribution in [0.25, 0.3) is 6.08 Å². The molecule has 0 saturated carbocycles. The van der Waals surface area contributed by atoms with Crippen LogP contribution < -0.4 is 15.0 Å². The van der Waals surface area contributed by atoms with Crippen molar-refractivity contribution in [2.45, 2.75) is 18.7 Å². The fourth-order valence-corrected chi connectivity index (χ4v) is 4.45. The van der Waals surface area contributed by atoms with Gasteiger partial charge in [-0.3, -0.25) is 4.79 Å². The summed E-state index contributed by atoms with van der Waals surface area (Å²) in [5.74, 6) is 0.333. The molecule has 0 spiro atoms. The minimum Gasteiger partial charge on any atom is -0.497 e. The Kier molecular flexibility index (Phi) is 8.02. The molecule has 0 radical (unpaired) electrons. The number of ether oxygens (including phenoxy) is 1. The number of methoxy groups -OCH3 is 1. The second kappa shape index (κ2) is 10.3. The van der Waals surface area contributed by atoms with Crippen LogP contribution in [0.3, 0.4) is 0 Å². The number of hydrogen-bond donors (Lipinski definition) is 1. The van der Waals surface area contributed by atoms with E-state index in [0.717, 1.165) is 5.56 Å². The second-order valence-corrected chi connectivity index (χ2v) is 8.70. The SMILES string of the molecule is CCN(CC)S(=O)(=O)c1ccc(N(C)C)c(NC(=O)/C=C/c2cccc(OC)c2)c1. The van der Waals surface area contributed by atoms with E-state index in [9.17, 15) is 13.2 Å². The predicted octanol–water partition coefficient (Wildman–Crippen LogP) is 3.44. The average Bonchev–Trinajstić information content (AvgIpc) is 2.72. The first-order valence-electron chi connectivity index (χ1n) is 9.67. The summed E-state index contributed by atoms with van der Waals surface area (Å²) in [7, 11) is 1.61. The van der Waals surface area contributed by atoms with Crippen LogP contribution in [0.2, 0.25) is 0 Å². The van der Waals surface area contributed by atoms with Gasteiger partial charge in [0.15, 0.2) is 0 Å². The topological polar surface area (TPSA) is 79.0 Å². The molecule has 0 aliphatic heterocycles. The smallest absolute Gasteiger partial charge is 0.248 e. The largest absolute Gasteiger partial charge is 0.497 e. The van der Waals surface area contributed by atoms with Crippen molar-refractivity contribution in [1.82, 2.24) is 4.31 Å². The lowest BCUT2D eigenvalue weighted by Gasteiger charge is -2.22. The summed E-state index contributed by atoms with van der Waals surface area (Å²) in [6, 6.07) is 12.1. The Hall–Kier alpha value is -2.84. The van der Waals surface area contributed by atoms with Crippen LogP contribution in [0.4, 0.5) is 11.4 Å². The Balaban J connectivity index is 2.32. The first kappa shape index (κ1) is 23.4. The lowest BCUT2D eigenvalue weighted by atomic mass is 10.2. The molecule has 0 aliphatic rings. The van der Waals surface area contributed by atoms with Gasteiger partial charge in [0.1, 0.15) is 5.75 Å². The highest BCUT2D eigenvalue weighted by atomic mass is 32.2. The van der Waals surface area contributed by atoms with Crippen molar-refractivity contribution in [1.29, 1.82) is 0 Å². The Morgan fingerprint density at radius 1 is 1.10 bits per heavy atom. The van der Waals surface area contributed by atoms with Gasteiger partial charge < -0.3 is 15.0 Å². The molecular formula is C22H29N3O4S. The maximum absolute atomic E-state index is 12.9. The fourth-order valence-electron chi connectivity index (χ4n) is 2.97. The van der Waals surface area contributed by atoms with Crippen LogP contribution in [0.15, 0.2) is 53.4 Å². The number of amides is 1. The average molecular weight is 432 g/mol. The molecule has 2 aromatic rings. The van der Waals surface area contributed by atoms with Gasteiger partial charge in [0.2, 0.25) is 15.9 Å². The lowest BCUT2D eigenvalue weighted by molar-refractivity contribution is -0.111. The Morgan fingerprint density at radius 3 is 2.40 bits per heavy atom. The number of nitrogens with one attached hydrogen (secondary N) is 1. The van der Waals surface area contributed by atoms with Crippen molar-refractivity contribution >= 4 is 33.4 Å². The molecule has 0 bridgehead atoms. The zero-order chi connectivity index (χ0) is 22.3. The molecule has 7 nitrogen and oxygen atoms in total. The molecule has 0 saturated heterocycles. The number of sulfonamides is 1. The van der Waals surface area contributed by atoms with Crippen molar-refractivity contribution in [2.75, 3.05) is 44.5 Å². The molecule has 1 amide bonds. The summed E-state index contributed by atoms with van der Waals surface area (Å²) in [5, 5.41) is 2.80. The Labute approximate surface area is 179 Å². The number of rotatable bonds is 9. The molecule has 0 fully saturated rings. The molecule has 1 N–H and O–H groups in total. The quantitative estimate of drug-likeness (QED) is 0.616. The van der Waals surface area contributed by atoms with Gasteiger partial charge in [-0.2, -0.15) is 4.31 Å². The fraction of sp³-hybridized carbons (Fsp3) is 0.318. The standard InChI is InChI=1S/C22H29N3O4S/c1-6-25(7-2)30(27,28)19-12-13-21(24(3)4)20(16-19)23-22(26)14-11-17-9-8-10-18(15-17)29-5/h8-16H,6-7H2,1-5H3,(H,23,26)/b14-11+. The van der Waals surface area contributed by atoms with Crippen molar-refractivity contribution in [3.8, 4) is 5.75 Å². The van der Waals surface area contributed by atoms with Gasteiger partial charge >= 0.3 is 0 Å². The molecule has 2 aromatic carbocycles. The van der Waals surface area contributed by atoms with Crippen molar-refractivity contribution in [2.24, 2.45) is 0 Å². The molecule has 0 heterocycles. The zero-order valence-corrected chi connectivity index (χ0v) is 18.9. The lowest BCUT2D eigenvalue weighted by Crippen LogP contribution is -2.30. The maximum atomic E-state index is 12.9. The molecule has 30 heavy (non-hydrogen) atoms. The molecule has 2 rings (SSSR count). The van der Waals surface area contributed by atoms with E-state index in [1.54, 1.807) is 39.2 Å². The van der Waals surface area contributed by atoms with Crippen molar-refractivity contribution in [3.05, 3.63) is 54.1 Å². The number of benzene rings is 2. The highest BCUT2D eigenvalue weighted by molar-refractivity contribution is 7.89. The minimum absolute atomic E-state index is 0.142. The summed E-state index contributed by atoms with van der Waals surface area (Å²) in [6.45, 7) is 4.33. The normalized spacial score (nSPS) is 11.7. The van der Waals surface area contributed by atoms with Crippen LogP contribution >= 0.6 is 0 Å². The third-order valence-electron chi connectivity index (χ3n) is 4.57. The third kappa shape index (κ3) is 5.61. The number of carbonyl (C=O) groups excluding carboxylic acids is 1. The summed E-state index contributed by atoms with van der Waals surface area (Å²) in [6.07, 6.45) is 3.07. The molecule has 0 aromatic heterocycles. The van der Waals surface area contributed by atoms with E-state index in [4.69, 9.17) is 4.74 Å². The van der Waals surface area contributed by atoms with Gasteiger partial charge in [0.05, 0.1) is 23.4 Å². The van der Waals surface area contributed by atoms with Gasteiger partial charge in [-0.1, -0.05) is 26.0 Å². The van der Waals surface area contributed by atoms with E-state index in [-0.39, 0.29) is 10.8 Å². The van der Waals surface area contributed by atoms with Crippen molar-refractivity contribution < 1.29 is 17.9 Å². The maximum Gasteiger partial charge on any atom is 0.248 e. The summed E-state index contributed by atoms with van der Waals surface area (Å²) < 4.78 is 32.3. The molecule has 162 valence electrons. The highest BCUT2D eigenvalue weighted by Gasteiger charge is 2.23. The molecular weight excluding hydrogens is 402 g/mol. The minimum atomic E-state index is -3.63. The van der Waals surface area contributed by atoms with Gasteiger partial charge in [-0.05, 0) is 42.0 Å². The van der Waals surface area contributed by atoms with E-state index in [2.05, 4.69) is 5.32 Å². The summed E-state index contributed by atoms with van der Waals surface area (Å²) >= 11 is 0. The van der Waals surface area contributed by atoms with Crippen LogP contribution in [-0.4, -0.2) is 52.9 Å². The monoisotopic (exact) mass is 431 g/mol. The van der Waals surface area contributed by atoms with Gasteiger partial charge in [0.25, 0.3) is 0 Å². The van der Waals surface area contributed by atoms with E-state index in [0.29, 0.717) is 30.2 Å². The van der Waals surface area contributed by atoms with Crippen LogP contribution in [0.5, 0.6) is 5.75 Å². The van der Waals surface area contributed by atoms with E-state index in [1.165, 1.54) is 16.4 Å². The van der Waals surface area contributed by atoms with Gasteiger partial charge in [-0.15, -0.1) is 0 Å². The molecule has 0 aliphatic carbocycles. The second-order valence-electron chi connectivity index (χ2n) is 6.76.